The Morgan fingerprint density at radius 2 is 1.94 bits per heavy atom. The van der Waals surface area contributed by atoms with E-state index in [1.807, 2.05) is 12.1 Å². The predicted octanol–water partition coefficient (Wildman–Crippen LogP) is 2.27. The van der Waals surface area contributed by atoms with Gasteiger partial charge in [0.25, 0.3) is 0 Å². The molecule has 0 bridgehead atoms. The summed E-state index contributed by atoms with van der Waals surface area (Å²) in [6, 6.07) is 3.58. The normalized spacial score (nSPS) is 9.62. The van der Waals surface area contributed by atoms with Crippen LogP contribution in [-0.2, 0) is 0 Å². The number of hydrogen-bond acceptors (Lipinski definition) is 4. The molecule has 0 saturated carbocycles. The molecule has 3 N–H and O–H groups in total. The second-order valence-electron chi connectivity index (χ2n) is 3.30. The minimum absolute atomic E-state index is 0.634. The Morgan fingerprint density at radius 1 is 1.31 bits per heavy atom. The quantitative estimate of drug-likeness (QED) is 0.440. The first-order valence-corrected chi connectivity index (χ1v) is 5.09. The molecule has 0 aliphatic heterocycles. The number of rotatable bonds is 6. The molecular formula is C12H18N2O2. The molecule has 0 aliphatic rings. The highest BCUT2D eigenvalue weighted by atomic mass is 16.5. The van der Waals surface area contributed by atoms with Gasteiger partial charge < -0.3 is 20.5 Å². The van der Waals surface area contributed by atoms with Crippen LogP contribution in [-0.4, -0.2) is 20.8 Å². The molecule has 0 heterocycles. The first-order valence-electron chi connectivity index (χ1n) is 5.09. The van der Waals surface area contributed by atoms with Crippen LogP contribution in [0.15, 0.2) is 24.8 Å². The minimum atomic E-state index is 0.634. The van der Waals surface area contributed by atoms with Crippen molar-refractivity contribution in [2.45, 2.75) is 6.42 Å². The lowest BCUT2D eigenvalue weighted by Gasteiger charge is -2.13. The van der Waals surface area contributed by atoms with Gasteiger partial charge in [-0.25, -0.2) is 0 Å². The fraction of sp³-hybridized carbons (Fsp3) is 0.333. The smallest absolute Gasteiger partial charge is 0.162 e. The molecule has 16 heavy (non-hydrogen) atoms. The lowest BCUT2D eigenvalue weighted by atomic mass is 10.2. The number of methoxy groups -OCH3 is 2. The third-order valence-corrected chi connectivity index (χ3v) is 2.22. The summed E-state index contributed by atoms with van der Waals surface area (Å²) < 4.78 is 10.3. The molecule has 0 amide bonds. The Balaban J connectivity index is 2.88. The van der Waals surface area contributed by atoms with Crippen molar-refractivity contribution in [2.24, 2.45) is 0 Å². The molecule has 0 fully saturated rings. The molecule has 1 rings (SSSR count). The Morgan fingerprint density at radius 3 is 2.50 bits per heavy atom. The zero-order valence-electron chi connectivity index (χ0n) is 9.75. The summed E-state index contributed by atoms with van der Waals surface area (Å²) in [6.07, 6.45) is 2.73. The van der Waals surface area contributed by atoms with E-state index in [4.69, 9.17) is 15.2 Å². The Kier molecular flexibility index (Phi) is 4.51. The summed E-state index contributed by atoms with van der Waals surface area (Å²) in [4.78, 5) is 0. The molecule has 0 aliphatic carbocycles. The average Bonchev–Trinajstić information content (AvgIpc) is 2.31. The van der Waals surface area contributed by atoms with Crippen molar-refractivity contribution < 1.29 is 9.47 Å². The van der Waals surface area contributed by atoms with Crippen molar-refractivity contribution in [3.8, 4) is 11.5 Å². The number of ether oxygens (including phenoxy) is 2. The van der Waals surface area contributed by atoms with Gasteiger partial charge in [-0.3, -0.25) is 0 Å². The van der Waals surface area contributed by atoms with Crippen molar-refractivity contribution in [1.82, 2.24) is 0 Å². The largest absolute Gasteiger partial charge is 0.493 e. The van der Waals surface area contributed by atoms with Gasteiger partial charge in [-0.2, -0.15) is 0 Å². The summed E-state index contributed by atoms with van der Waals surface area (Å²) in [6.45, 7) is 4.45. The van der Waals surface area contributed by atoms with Crippen molar-refractivity contribution in [3.05, 3.63) is 24.8 Å². The van der Waals surface area contributed by atoms with Crippen LogP contribution in [0.1, 0.15) is 6.42 Å². The molecular weight excluding hydrogens is 204 g/mol. The highest BCUT2D eigenvalue weighted by molar-refractivity contribution is 5.72. The summed E-state index contributed by atoms with van der Waals surface area (Å²) in [7, 11) is 3.18. The van der Waals surface area contributed by atoms with Crippen molar-refractivity contribution in [1.29, 1.82) is 0 Å². The van der Waals surface area contributed by atoms with Gasteiger partial charge in [0, 0.05) is 18.7 Å². The second kappa shape index (κ2) is 5.90. The summed E-state index contributed by atoms with van der Waals surface area (Å²) in [5.74, 6) is 1.30. The van der Waals surface area contributed by atoms with Crippen molar-refractivity contribution in [3.63, 3.8) is 0 Å². The van der Waals surface area contributed by atoms with Crippen LogP contribution >= 0.6 is 0 Å². The van der Waals surface area contributed by atoms with Crippen molar-refractivity contribution >= 4 is 11.4 Å². The number of nitrogens with one attached hydrogen (secondary N) is 1. The molecule has 88 valence electrons. The fourth-order valence-electron chi connectivity index (χ4n) is 1.36. The molecule has 1 aromatic rings. The maximum atomic E-state index is 5.88. The highest BCUT2D eigenvalue weighted by Crippen LogP contribution is 2.34. The number of hydrogen-bond donors (Lipinski definition) is 2. The van der Waals surface area contributed by atoms with Crippen molar-refractivity contribution in [2.75, 3.05) is 31.8 Å². The first-order chi connectivity index (χ1) is 7.72. The Labute approximate surface area is 96.0 Å². The molecule has 4 heteroatoms. The van der Waals surface area contributed by atoms with Crippen LogP contribution in [0.5, 0.6) is 11.5 Å². The van der Waals surface area contributed by atoms with E-state index < -0.39 is 0 Å². The van der Waals surface area contributed by atoms with Crippen LogP contribution in [0.4, 0.5) is 11.4 Å². The van der Waals surface area contributed by atoms with Crippen LogP contribution < -0.4 is 20.5 Å². The monoisotopic (exact) mass is 222 g/mol. The lowest BCUT2D eigenvalue weighted by molar-refractivity contribution is 0.355. The molecule has 0 aromatic heterocycles. The molecule has 0 atom stereocenters. The fourth-order valence-corrected chi connectivity index (χ4v) is 1.36. The van der Waals surface area contributed by atoms with Crippen LogP contribution in [0, 0.1) is 0 Å². The molecule has 0 radical (unpaired) electrons. The zero-order valence-corrected chi connectivity index (χ0v) is 9.75. The van der Waals surface area contributed by atoms with Gasteiger partial charge >= 0.3 is 0 Å². The van der Waals surface area contributed by atoms with E-state index in [-0.39, 0.29) is 0 Å². The standard InChI is InChI=1S/C12H18N2O2/c1-4-5-6-14-10-8-12(16-3)11(15-2)7-9(10)13/h4,7-8,14H,1,5-6,13H2,2-3H3. The molecule has 0 spiro atoms. The number of nitrogens with two attached hydrogens (primary N) is 1. The van der Waals surface area contributed by atoms with E-state index >= 15 is 0 Å². The number of anilines is 2. The maximum Gasteiger partial charge on any atom is 0.162 e. The molecule has 1 aromatic carbocycles. The number of nitrogen functional groups attached to an aromatic ring is 1. The second-order valence-corrected chi connectivity index (χ2v) is 3.30. The van der Waals surface area contributed by atoms with Gasteiger partial charge in [-0.1, -0.05) is 6.08 Å². The van der Waals surface area contributed by atoms with Gasteiger partial charge in [0.2, 0.25) is 0 Å². The topological polar surface area (TPSA) is 56.5 Å². The zero-order chi connectivity index (χ0) is 12.0. The van der Waals surface area contributed by atoms with Crippen LogP contribution in [0.3, 0.4) is 0 Å². The predicted molar refractivity (Wildman–Crippen MR) is 67.3 cm³/mol. The van der Waals surface area contributed by atoms with E-state index in [1.54, 1.807) is 20.3 Å². The van der Waals surface area contributed by atoms with Gasteiger partial charge in [-0.05, 0) is 6.42 Å². The molecule has 0 unspecified atom stereocenters. The first kappa shape index (κ1) is 12.2. The van der Waals surface area contributed by atoms with Gasteiger partial charge in [0.1, 0.15) is 0 Å². The van der Waals surface area contributed by atoms with E-state index in [9.17, 15) is 0 Å². The van der Waals surface area contributed by atoms with E-state index in [1.165, 1.54) is 0 Å². The van der Waals surface area contributed by atoms with Gasteiger partial charge in [0.05, 0.1) is 25.6 Å². The summed E-state index contributed by atoms with van der Waals surface area (Å²) in [5.41, 5.74) is 7.37. The molecule has 0 saturated heterocycles. The maximum absolute atomic E-state index is 5.88. The van der Waals surface area contributed by atoms with Gasteiger partial charge in [-0.15, -0.1) is 6.58 Å². The average molecular weight is 222 g/mol. The summed E-state index contributed by atoms with van der Waals surface area (Å²) in [5, 5.41) is 3.21. The SMILES string of the molecule is C=CCCNc1cc(OC)c(OC)cc1N. The van der Waals surface area contributed by atoms with Crippen LogP contribution in [0.25, 0.3) is 0 Å². The lowest BCUT2D eigenvalue weighted by Crippen LogP contribution is -2.04. The van der Waals surface area contributed by atoms with E-state index in [0.717, 1.165) is 18.7 Å². The van der Waals surface area contributed by atoms with E-state index in [0.29, 0.717) is 17.2 Å². The highest BCUT2D eigenvalue weighted by Gasteiger charge is 2.08. The third kappa shape index (κ3) is 2.82. The Bertz CT molecular complexity index is 364. The van der Waals surface area contributed by atoms with Gasteiger partial charge in [0.15, 0.2) is 11.5 Å². The van der Waals surface area contributed by atoms with E-state index in [2.05, 4.69) is 11.9 Å². The number of benzene rings is 1. The summed E-state index contributed by atoms with van der Waals surface area (Å²) >= 11 is 0. The Hall–Kier alpha value is -1.84. The third-order valence-electron chi connectivity index (χ3n) is 2.22. The molecule has 4 nitrogen and oxygen atoms in total. The van der Waals surface area contributed by atoms with Crippen LogP contribution in [0.2, 0.25) is 0 Å². The minimum Gasteiger partial charge on any atom is -0.493 e.